The summed E-state index contributed by atoms with van der Waals surface area (Å²) in [5.74, 6) is 0. The van der Waals surface area contributed by atoms with Gasteiger partial charge in [-0.25, -0.2) is 0 Å². The van der Waals surface area contributed by atoms with Crippen molar-refractivity contribution in [3.8, 4) is 0 Å². The fourth-order valence-electron chi connectivity index (χ4n) is 1.70. The molecule has 0 bridgehead atoms. The molecule has 84 valence electrons. The van der Waals surface area contributed by atoms with E-state index in [1.165, 1.54) is 9.26 Å². The first kappa shape index (κ1) is 13.5. The molecule has 5 heteroatoms. The predicted octanol–water partition coefficient (Wildman–Crippen LogP) is 3.01. The molecule has 2 N–H and O–H groups in total. The van der Waals surface area contributed by atoms with Crippen LogP contribution in [0.2, 0.25) is 0 Å². The standard InChI is InChI=1S/C10H12BrIN2.ClH/c11-9-5-8(1-2-10(9)12)14-4-3-7(13)6-14;/h1-2,5,7H,3-4,6,13H2;1H/t7-;/m0./s1. The lowest BCUT2D eigenvalue weighted by Crippen LogP contribution is -2.26. The highest BCUT2D eigenvalue weighted by atomic mass is 127. The van der Waals surface area contributed by atoms with E-state index in [-0.39, 0.29) is 12.4 Å². The molecule has 1 aromatic carbocycles. The molecule has 2 rings (SSSR count). The van der Waals surface area contributed by atoms with Gasteiger partial charge in [0, 0.05) is 32.9 Å². The van der Waals surface area contributed by atoms with E-state index in [9.17, 15) is 0 Å². The average molecular weight is 403 g/mol. The number of hydrogen-bond donors (Lipinski definition) is 1. The van der Waals surface area contributed by atoms with Crippen LogP contribution in [0.15, 0.2) is 22.7 Å². The summed E-state index contributed by atoms with van der Waals surface area (Å²) in [6, 6.07) is 6.79. The normalized spacial score (nSPS) is 20.2. The quantitative estimate of drug-likeness (QED) is 0.731. The van der Waals surface area contributed by atoms with Crippen molar-refractivity contribution in [3.63, 3.8) is 0 Å². The van der Waals surface area contributed by atoms with E-state index in [0.717, 1.165) is 24.0 Å². The van der Waals surface area contributed by atoms with Crippen LogP contribution in [-0.2, 0) is 0 Å². The lowest BCUT2D eigenvalue weighted by molar-refractivity contribution is 0.752. The zero-order valence-electron chi connectivity index (χ0n) is 8.12. The first-order chi connectivity index (χ1) is 6.66. The van der Waals surface area contributed by atoms with Crippen LogP contribution in [0.4, 0.5) is 5.69 Å². The van der Waals surface area contributed by atoms with Crippen molar-refractivity contribution in [1.29, 1.82) is 0 Å². The Hall–Kier alpha value is 0.480. The third kappa shape index (κ3) is 3.22. The van der Waals surface area contributed by atoms with Gasteiger partial charge < -0.3 is 10.6 Å². The number of benzene rings is 1. The fraction of sp³-hybridized carbons (Fsp3) is 0.400. The van der Waals surface area contributed by atoms with Crippen LogP contribution in [0.1, 0.15) is 6.42 Å². The van der Waals surface area contributed by atoms with Gasteiger partial charge in [0.25, 0.3) is 0 Å². The van der Waals surface area contributed by atoms with Crippen LogP contribution < -0.4 is 10.6 Å². The highest BCUT2D eigenvalue weighted by Gasteiger charge is 2.19. The summed E-state index contributed by atoms with van der Waals surface area (Å²) in [5.41, 5.74) is 7.14. The second-order valence-corrected chi connectivity index (χ2v) is 5.61. The van der Waals surface area contributed by atoms with Gasteiger partial charge >= 0.3 is 0 Å². The van der Waals surface area contributed by atoms with Crippen molar-refractivity contribution in [1.82, 2.24) is 0 Å². The van der Waals surface area contributed by atoms with Gasteiger partial charge in [0.2, 0.25) is 0 Å². The number of nitrogens with zero attached hydrogens (tertiary/aromatic N) is 1. The summed E-state index contributed by atoms with van der Waals surface area (Å²) >= 11 is 5.86. The maximum atomic E-state index is 5.88. The minimum atomic E-state index is 0. The van der Waals surface area contributed by atoms with Gasteiger partial charge in [-0.3, -0.25) is 0 Å². The zero-order valence-corrected chi connectivity index (χ0v) is 12.7. The molecular weight excluding hydrogens is 390 g/mol. The molecule has 1 saturated heterocycles. The van der Waals surface area contributed by atoms with E-state index >= 15 is 0 Å². The molecule has 1 fully saturated rings. The monoisotopic (exact) mass is 402 g/mol. The number of rotatable bonds is 1. The van der Waals surface area contributed by atoms with Crippen LogP contribution in [0.5, 0.6) is 0 Å². The maximum Gasteiger partial charge on any atom is 0.0378 e. The van der Waals surface area contributed by atoms with Gasteiger partial charge in [-0.05, 0) is 63.1 Å². The Morgan fingerprint density at radius 1 is 1.47 bits per heavy atom. The molecule has 1 atom stereocenters. The molecule has 2 nitrogen and oxygen atoms in total. The van der Waals surface area contributed by atoms with Crippen LogP contribution in [0.25, 0.3) is 0 Å². The van der Waals surface area contributed by atoms with Crippen LogP contribution in [0, 0.1) is 3.57 Å². The lowest BCUT2D eigenvalue weighted by Gasteiger charge is -2.18. The predicted molar refractivity (Wildman–Crippen MR) is 78.9 cm³/mol. The third-order valence-corrected chi connectivity index (χ3v) is 4.83. The highest BCUT2D eigenvalue weighted by Crippen LogP contribution is 2.27. The van der Waals surface area contributed by atoms with E-state index in [1.807, 2.05) is 0 Å². The Kier molecular flexibility index (Phi) is 5.15. The fourth-order valence-corrected chi connectivity index (χ4v) is 2.41. The summed E-state index contributed by atoms with van der Waals surface area (Å²) < 4.78 is 2.41. The number of nitrogens with two attached hydrogens (primary N) is 1. The summed E-state index contributed by atoms with van der Waals surface area (Å²) in [6.45, 7) is 2.06. The molecule has 0 unspecified atom stereocenters. The second-order valence-electron chi connectivity index (χ2n) is 3.59. The number of anilines is 1. The topological polar surface area (TPSA) is 29.3 Å². The van der Waals surface area contributed by atoms with E-state index in [1.54, 1.807) is 0 Å². The van der Waals surface area contributed by atoms with Gasteiger partial charge in [0.15, 0.2) is 0 Å². The van der Waals surface area contributed by atoms with Crippen molar-refractivity contribution in [2.24, 2.45) is 5.73 Å². The summed E-state index contributed by atoms with van der Waals surface area (Å²) in [6.07, 6.45) is 1.10. The first-order valence-corrected chi connectivity index (χ1v) is 6.49. The highest BCUT2D eigenvalue weighted by molar-refractivity contribution is 14.1. The molecule has 0 aromatic heterocycles. The van der Waals surface area contributed by atoms with Crippen molar-refractivity contribution in [2.45, 2.75) is 12.5 Å². The van der Waals surface area contributed by atoms with E-state index in [4.69, 9.17) is 5.73 Å². The van der Waals surface area contributed by atoms with Crippen LogP contribution in [-0.4, -0.2) is 19.1 Å². The molecule has 1 aliphatic heterocycles. The van der Waals surface area contributed by atoms with Gasteiger partial charge in [-0.1, -0.05) is 0 Å². The summed E-state index contributed by atoms with van der Waals surface area (Å²) in [7, 11) is 0. The summed E-state index contributed by atoms with van der Waals surface area (Å²) in [4.78, 5) is 2.34. The van der Waals surface area contributed by atoms with Crippen molar-refractivity contribution in [2.75, 3.05) is 18.0 Å². The second kappa shape index (κ2) is 5.70. The third-order valence-electron chi connectivity index (χ3n) is 2.49. The molecule has 0 spiro atoms. The molecule has 1 aliphatic rings. The van der Waals surface area contributed by atoms with Crippen molar-refractivity contribution >= 4 is 56.6 Å². The van der Waals surface area contributed by atoms with Gasteiger partial charge in [0.1, 0.15) is 0 Å². The minimum Gasteiger partial charge on any atom is -0.370 e. The average Bonchev–Trinajstić information content (AvgIpc) is 2.57. The van der Waals surface area contributed by atoms with Crippen molar-refractivity contribution in [3.05, 3.63) is 26.2 Å². The van der Waals surface area contributed by atoms with Gasteiger partial charge in [-0.15, -0.1) is 12.4 Å². The summed E-state index contributed by atoms with van der Waals surface area (Å²) in [5, 5.41) is 0. The smallest absolute Gasteiger partial charge is 0.0378 e. The molecular formula is C10H13BrClIN2. The molecule has 0 amide bonds. The Morgan fingerprint density at radius 2 is 2.20 bits per heavy atom. The Morgan fingerprint density at radius 3 is 2.73 bits per heavy atom. The number of halogens is 3. The molecule has 1 aromatic rings. The Balaban J connectivity index is 0.00000112. The van der Waals surface area contributed by atoms with E-state index in [0.29, 0.717) is 6.04 Å². The molecule has 0 saturated carbocycles. The minimum absolute atomic E-state index is 0. The molecule has 0 aliphatic carbocycles. The van der Waals surface area contributed by atoms with E-state index < -0.39 is 0 Å². The zero-order chi connectivity index (χ0) is 10.1. The first-order valence-electron chi connectivity index (χ1n) is 4.62. The lowest BCUT2D eigenvalue weighted by atomic mass is 10.3. The van der Waals surface area contributed by atoms with E-state index in [2.05, 4.69) is 61.6 Å². The largest absolute Gasteiger partial charge is 0.370 e. The Bertz CT molecular complexity index is 348. The van der Waals surface area contributed by atoms with Crippen LogP contribution in [0.3, 0.4) is 0 Å². The Labute approximate surface area is 118 Å². The molecule has 15 heavy (non-hydrogen) atoms. The number of hydrogen-bond acceptors (Lipinski definition) is 2. The maximum absolute atomic E-state index is 5.88. The van der Waals surface area contributed by atoms with Gasteiger partial charge in [0.05, 0.1) is 0 Å². The van der Waals surface area contributed by atoms with Gasteiger partial charge in [-0.2, -0.15) is 0 Å². The molecule has 0 radical (unpaired) electrons. The van der Waals surface area contributed by atoms with Crippen LogP contribution >= 0.6 is 50.9 Å². The van der Waals surface area contributed by atoms with Crippen molar-refractivity contribution < 1.29 is 0 Å². The SMILES string of the molecule is Cl.N[C@H]1CCN(c2ccc(I)c(Br)c2)C1. The molecule has 1 heterocycles.